The average Bonchev–Trinajstić information content (AvgIpc) is 3.04. The number of methoxy groups -OCH3 is 1. The highest BCUT2D eigenvalue weighted by atomic mass is 16.5. The molecule has 1 aromatic heterocycles. The molecule has 0 atom stereocenters. The molecule has 0 spiro atoms. The second-order valence-electron chi connectivity index (χ2n) is 9.04. The SMILES string of the molecule is COCC1(C)CCC(c2c(CN(C)CCN(C)C(=O)O)nn3c2COCC3)CC1. The van der Waals surface area contributed by atoms with Crippen molar-refractivity contribution in [1.29, 1.82) is 0 Å². The van der Waals surface area contributed by atoms with E-state index in [1.165, 1.54) is 16.2 Å². The first-order valence-electron chi connectivity index (χ1n) is 10.6. The summed E-state index contributed by atoms with van der Waals surface area (Å²) in [6.45, 7) is 7.20. The molecule has 1 amide bonds. The molecule has 2 aliphatic rings. The number of aromatic nitrogens is 2. The van der Waals surface area contributed by atoms with Crippen molar-refractivity contribution in [2.24, 2.45) is 5.41 Å². The Morgan fingerprint density at radius 3 is 2.72 bits per heavy atom. The van der Waals surface area contributed by atoms with Crippen LogP contribution in [0.5, 0.6) is 0 Å². The molecular weight excluding hydrogens is 372 g/mol. The van der Waals surface area contributed by atoms with Crippen molar-refractivity contribution in [3.8, 4) is 0 Å². The number of hydrogen-bond donors (Lipinski definition) is 1. The van der Waals surface area contributed by atoms with Crippen LogP contribution in [-0.4, -0.2) is 78.3 Å². The summed E-state index contributed by atoms with van der Waals surface area (Å²) in [5.74, 6) is 0.510. The molecule has 1 saturated carbocycles. The third-order valence-corrected chi connectivity index (χ3v) is 6.52. The zero-order valence-electron chi connectivity index (χ0n) is 18.3. The van der Waals surface area contributed by atoms with E-state index < -0.39 is 6.09 Å². The number of carboxylic acid groups (broad SMARTS) is 1. The van der Waals surface area contributed by atoms with Crippen molar-refractivity contribution in [3.63, 3.8) is 0 Å². The van der Waals surface area contributed by atoms with Gasteiger partial charge in [0.1, 0.15) is 0 Å². The van der Waals surface area contributed by atoms with Crippen LogP contribution in [0, 0.1) is 5.41 Å². The molecule has 0 aromatic carbocycles. The number of fused-ring (bicyclic) bond motifs is 1. The Labute approximate surface area is 173 Å². The summed E-state index contributed by atoms with van der Waals surface area (Å²) in [5, 5.41) is 14.0. The number of rotatable bonds is 8. The van der Waals surface area contributed by atoms with Crippen LogP contribution in [0.25, 0.3) is 0 Å². The predicted molar refractivity (Wildman–Crippen MR) is 110 cm³/mol. The van der Waals surface area contributed by atoms with Gasteiger partial charge in [0.2, 0.25) is 0 Å². The quantitative estimate of drug-likeness (QED) is 0.712. The van der Waals surface area contributed by atoms with Gasteiger partial charge in [-0.3, -0.25) is 9.58 Å². The summed E-state index contributed by atoms with van der Waals surface area (Å²) in [6, 6.07) is 0. The van der Waals surface area contributed by atoms with Crippen LogP contribution in [0.1, 0.15) is 55.5 Å². The minimum Gasteiger partial charge on any atom is -0.465 e. The molecular formula is C21H36N4O4. The fraction of sp³-hybridized carbons (Fsp3) is 0.810. The second kappa shape index (κ2) is 9.45. The Hall–Kier alpha value is -1.64. The number of amides is 1. The monoisotopic (exact) mass is 408 g/mol. The zero-order chi connectivity index (χ0) is 21.0. The maximum Gasteiger partial charge on any atom is 0.407 e. The number of likely N-dealkylation sites (N-methyl/N-ethyl adjacent to an activating group) is 2. The van der Waals surface area contributed by atoms with Crippen LogP contribution in [0.3, 0.4) is 0 Å². The van der Waals surface area contributed by atoms with Crippen molar-refractivity contribution in [2.45, 2.75) is 58.2 Å². The maximum absolute atomic E-state index is 11.0. The van der Waals surface area contributed by atoms with Crippen molar-refractivity contribution < 1.29 is 19.4 Å². The van der Waals surface area contributed by atoms with Crippen molar-refractivity contribution >= 4 is 6.09 Å². The van der Waals surface area contributed by atoms with E-state index in [0.29, 0.717) is 32.2 Å². The zero-order valence-corrected chi connectivity index (χ0v) is 18.3. The van der Waals surface area contributed by atoms with E-state index in [2.05, 4.69) is 16.5 Å². The molecule has 8 nitrogen and oxygen atoms in total. The van der Waals surface area contributed by atoms with Gasteiger partial charge in [-0.05, 0) is 44.1 Å². The number of carbonyl (C=O) groups is 1. The summed E-state index contributed by atoms with van der Waals surface area (Å²) in [7, 11) is 5.43. The number of nitrogens with zero attached hydrogens (tertiary/aromatic N) is 4. The molecule has 3 rings (SSSR count). The fourth-order valence-corrected chi connectivity index (χ4v) is 4.66. The van der Waals surface area contributed by atoms with Crippen LogP contribution >= 0.6 is 0 Å². The molecule has 0 bridgehead atoms. The van der Waals surface area contributed by atoms with Gasteiger partial charge < -0.3 is 19.5 Å². The topological polar surface area (TPSA) is 80.1 Å². The fourth-order valence-electron chi connectivity index (χ4n) is 4.66. The summed E-state index contributed by atoms with van der Waals surface area (Å²) in [6.07, 6.45) is 3.73. The summed E-state index contributed by atoms with van der Waals surface area (Å²) < 4.78 is 13.3. The van der Waals surface area contributed by atoms with E-state index in [-0.39, 0.29) is 5.41 Å². The number of ether oxygens (including phenoxy) is 2. The minimum atomic E-state index is -0.894. The molecule has 1 aromatic rings. The largest absolute Gasteiger partial charge is 0.465 e. The third-order valence-electron chi connectivity index (χ3n) is 6.52. The van der Waals surface area contributed by atoms with E-state index in [4.69, 9.17) is 19.7 Å². The van der Waals surface area contributed by atoms with Crippen molar-refractivity contribution in [3.05, 3.63) is 17.0 Å². The van der Waals surface area contributed by atoms with E-state index in [1.807, 2.05) is 7.05 Å². The first-order chi connectivity index (χ1) is 13.8. The highest BCUT2D eigenvalue weighted by Gasteiger charge is 2.35. The van der Waals surface area contributed by atoms with E-state index in [1.54, 1.807) is 14.2 Å². The van der Waals surface area contributed by atoms with Crippen molar-refractivity contribution in [2.75, 3.05) is 47.5 Å². The average molecular weight is 409 g/mol. The highest BCUT2D eigenvalue weighted by molar-refractivity contribution is 5.64. The molecule has 1 aliphatic heterocycles. The molecule has 29 heavy (non-hydrogen) atoms. The van der Waals surface area contributed by atoms with Gasteiger partial charge >= 0.3 is 6.09 Å². The first-order valence-corrected chi connectivity index (χ1v) is 10.6. The van der Waals surface area contributed by atoms with Gasteiger partial charge in [0.15, 0.2) is 0 Å². The van der Waals surface area contributed by atoms with Gasteiger partial charge in [-0.2, -0.15) is 5.10 Å². The van der Waals surface area contributed by atoms with Gasteiger partial charge in [0, 0.05) is 39.4 Å². The molecule has 0 radical (unpaired) electrons. The van der Waals surface area contributed by atoms with Crippen LogP contribution in [0.15, 0.2) is 0 Å². The van der Waals surface area contributed by atoms with Crippen LogP contribution in [-0.2, 0) is 29.2 Å². The maximum atomic E-state index is 11.0. The van der Waals surface area contributed by atoms with Crippen LogP contribution in [0.4, 0.5) is 4.79 Å². The lowest BCUT2D eigenvalue weighted by Gasteiger charge is -2.37. The Morgan fingerprint density at radius 1 is 1.34 bits per heavy atom. The molecule has 1 N–H and O–H groups in total. The second-order valence-corrected chi connectivity index (χ2v) is 9.04. The summed E-state index contributed by atoms with van der Waals surface area (Å²) >= 11 is 0. The Bertz CT molecular complexity index is 697. The van der Waals surface area contributed by atoms with Gasteiger partial charge in [0.05, 0.1) is 37.8 Å². The van der Waals surface area contributed by atoms with Crippen LogP contribution in [0.2, 0.25) is 0 Å². The molecule has 0 saturated heterocycles. The Kier molecular flexibility index (Phi) is 7.19. The van der Waals surface area contributed by atoms with Gasteiger partial charge in [-0.25, -0.2) is 4.79 Å². The molecule has 1 aliphatic carbocycles. The molecule has 8 heteroatoms. The first kappa shape index (κ1) is 22.1. The standard InChI is InChI=1S/C21H36N4O4/c1-21(15-28-4)7-5-16(6-8-21)19-17(22-25-11-12-29-14-18(19)25)13-23(2)9-10-24(3)20(26)27/h16H,5-15H2,1-4H3,(H,26,27). The normalized spacial score (nSPS) is 24.5. The lowest BCUT2D eigenvalue weighted by atomic mass is 9.70. The van der Waals surface area contributed by atoms with E-state index in [9.17, 15) is 4.79 Å². The predicted octanol–water partition coefficient (Wildman–Crippen LogP) is 2.77. The molecule has 2 heterocycles. The van der Waals surface area contributed by atoms with Gasteiger partial charge in [0.25, 0.3) is 0 Å². The van der Waals surface area contributed by atoms with E-state index >= 15 is 0 Å². The third kappa shape index (κ3) is 5.29. The smallest absolute Gasteiger partial charge is 0.407 e. The molecule has 1 fully saturated rings. The van der Waals surface area contributed by atoms with Crippen molar-refractivity contribution in [1.82, 2.24) is 19.6 Å². The van der Waals surface area contributed by atoms with Gasteiger partial charge in [-0.1, -0.05) is 6.92 Å². The van der Waals surface area contributed by atoms with Crippen LogP contribution < -0.4 is 0 Å². The van der Waals surface area contributed by atoms with Gasteiger partial charge in [-0.15, -0.1) is 0 Å². The molecule has 0 unspecified atom stereocenters. The Morgan fingerprint density at radius 2 is 2.07 bits per heavy atom. The highest BCUT2D eigenvalue weighted by Crippen LogP contribution is 2.45. The van der Waals surface area contributed by atoms with E-state index in [0.717, 1.165) is 51.1 Å². The Balaban J connectivity index is 1.73. The summed E-state index contributed by atoms with van der Waals surface area (Å²) in [4.78, 5) is 14.5. The minimum absolute atomic E-state index is 0.271. The number of hydrogen-bond acceptors (Lipinski definition) is 5. The molecule has 164 valence electrons. The summed E-state index contributed by atoms with van der Waals surface area (Å²) in [5.41, 5.74) is 4.02. The lowest BCUT2D eigenvalue weighted by molar-refractivity contribution is 0.0566. The lowest BCUT2D eigenvalue weighted by Crippen LogP contribution is -2.34.